The van der Waals surface area contributed by atoms with Crippen LogP contribution in [-0.2, 0) is 13.0 Å². The molecule has 0 saturated carbocycles. The number of rotatable bonds is 4. The molecule has 0 spiro atoms. The zero-order valence-corrected chi connectivity index (χ0v) is 20.0. The molecule has 0 radical (unpaired) electrons. The highest BCUT2D eigenvalue weighted by molar-refractivity contribution is 7.16. The molecule has 5 aromatic rings. The van der Waals surface area contributed by atoms with Crippen LogP contribution in [0.5, 0.6) is 0 Å². The van der Waals surface area contributed by atoms with Crippen molar-refractivity contribution >= 4 is 22.2 Å². The van der Waals surface area contributed by atoms with E-state index in [4.69, 9.17) is 0 Å². The molecule has 7 rings (SSSR count). The van der Waals surface area contributed by atoms with Crippen molar-refractivity contribution in [2.75, 3.05) is 33.2 Å². The summed E-state index contributed by atoms with van der Waals surface area (Å²) in [6.07, 6.45) is 2.79. The molecule has 1 aliphatic heterocycles. The summed E-state index contributed by atoms with van der Waals surface area (Å²) >= 11 is 1.91. The van der Waals surface area contributed by atoms with Crippen LogP contribution in [0.2, 0.25) is 0 Å². The molecule has 0 unspecified atom stereocenters. The average molecular weight is 467 g/mol. The molecule has 6 nitrogen and oxygen atoms in total. The van der Waals surface area contributed by atoms with Gasteiger partial charge in [0.25, 0.3) is 0 Å². The van der Waals surface area contributed by atoms with Crippen LogP contribution in [0, 0.1) is 0 Å². The number of benzene rings is 2. The molecule has 2 N–H and O–H groups in total. The largest absolute Gasteiger partial charge is 0.304 e. The van der Waals surface area contributed by atoms with Crippen LogP contribution in [-0.4, -0.2) is 63.4 Å². The minimum atomic E-state index is 0.934. The summed E-state index contributed by atoms with van der Waals surface area (Å²) in [6.45, 7) is 5.67. The summed E-state index contributed by atoms with van der Waals surface area (Å²) in [6, 6.07) is 17.9. The van der Waals surface area contributed by atoms with E-state index in [0.717, 1.165) is 61.3 Å². The normalized spacial score (nSPS) is 16.3. The van der Waals surface area contributed by atoms with Gasteiger partial charge in [0.2, 0.25) is 0 Å². The lowest BCUT2D eigenvalue weighted by Crippen LogP contribution is -2.43. The van der Waals surface area contributed by atoms with E-state index in [1.165, 1.54) is 37.7 Å². The molecule has 2 aliphatic rings. The van der Waals surface area contributed by atoms with E-state index in [2.05, 4.69) is 85.8 Å². The van der Waals surface area contributed by atoms with Gasteiger partial charge in [-0.2, -0.15) is 10.2 Å². The molecule has 1 fully saturated rings. The predicted octanol–water partition coefficient (Wildman–Crippen LogP) is 5.00. The van der Waals surface area contributed by atoms with Gasteiger partial charge >= 0.3 is 0 Å². The number of hydrogen-bond donors (Lipinski definition) is 2. The first-order valence-electron chi connectivity index (χ1n) is 11.9. The third-order valence-electron chi connectivity index (χ3n) is 7.24. The summed E-state index contributed by atoms with van der Waals surface area (Å²) < 4.78 is 0. The van der Waals surface area contributed by atoms with Crippen molar-refractivity contribution in [3.63, 3.8) is 0 Å². The number of nitrogens with zero attached hydrogens (tertiary/aromatic N) is 4. The standard InChI is InChI=1S/C27H26N6S/c1-32-8-10-33(11-9-32)16-17-2-4-18(5-3-17)24-13-21-25(34-24)14-22-26(30-31-27(21)22)19-6-7-20-15-28-29-23(20)12-19/h2-7,12-13,15H,8-11,14,16H2,1H3,(H,28,29)(H,30,31). The van der Waals surface area contributed by atoms with Crippen molar-refractivity contribution in [3.05, 3.63) is 70.7 Å². The Bertz CT molecular complexity index is 1480. The number of aromatic amines is 2. The lowest BCUT2D eigenvalue weighted by Gasteiger charge is -2.32. The Kier molecular flexibility index (Phi) is 4.68. The smallest absolute Gasteiger partial charge is 0.0963 e. The Labute approximate surface area is 202 Å². The van der Waals surface area contributed by atoms with Gasteiger partial charge in [0.05, 0.1) is 23.1 Å². The van der Waals surface area contributed by atoms with Gasteiger partial charge in [0.1, 0.15) is 0 Å². The number of nitrogens with one attached hydrogen (secondary N) is 2. The van der Waals surface area contributed by atoms with E-state index in [9.17, 15) is 0 Å². The number of fused-ring (bicyclic) bond motifs is 4. The number of H-pyrrole nitrogens is 2. The summed E-state index contributed by atoms with van der Waals surface area (Å²) in [5.74, 6) is 0. The van der Waals surface area contributed by atoms with Crippen LogP contribution in [0.4, 0.5) is 0 Å². The van der Waals surface area contributed by atoms with E-state index in [1.807, 2.05) is 17.5 Å². The van der Waals surface area contributed by atoms with Gasteiger partial charge in [-0.3, -0.25) is 15.1 Å². The fraction of sp³-hybridized carbons (Fsp3) is 0.259. The van der Waals surface area contributed by atoms with Crippen LogP contribution in [0.1, 0.15) is 16.0 Å². The first kappa shape index (κ1) is 20.1. The Morgan fingerprint density at radius 2 is 1.76 bits per heavy atom. The van der Waals surface area contributed by atoms with Gasteiger partial charge in [-0.25, -0.2) is 0 Å². The van der Waals surface area contributed by atoms with Crippen LogP contribution >= 0.6 is 11.3 Å². The van der Waals surface area contributed by atoms with E-state index in [-0.39, 0.29) is 0 Å². The fourth-order valence-electron chi connectivity index (χ4n) is 5.20. The Hall–Kier alpha value is -3.26. The second kappa shape index (κ2) is 7.91. The maximum atomic E-state index is 4.69. The van der Waals surface area contributed by atoms with Gasteiger partial charge in [-0.1, -0.05) is 36.4 Å². The second-order valence-electron chi connectivity index (χ2n) is 9.50. The number of piperazine rings is 1. The maximum Gasteiger partial charge on any atom is 0.0963 e. The van der Waals surface area contributed by atoms with Gasteiger partial charge in [0, 0.05) is 71.0 Å². The van der Waals surface area contributed by atoms with Crippen LogP contribution in [0.15, 0.2) is 54.7 Å². The van der Waals surface area contributed by atoms with E-state index in [1.54, 1.807) is 0 Å². The molecule has 0 amide bonds. The average Bonchev–Trinajstić information content (AvgIpc) is 3.62. The second-order valence-corrected chi connectivity index (χ2v) is 10.6. The molecule has 170 valence electrons. The SMILES string of the molecule is CN1CCN(Cc2ccc(-c3cc4c(s3)Cc3c(-c5ccc6cn[nH]c6c5)n[nH]c3-4)cc2)CC1. The van der Waals surface area contributed by atoms with Gasteiger partial charge in [0.15, 0.2) is 0 Å². The van der Waals surface area contributed by atoms with E-state index < -0.39 is 0 Å². The summed E-state index contributed by atoms with van der Waals surface area (Å²) in [7, 11) is 2.21. The first-order chi connectivity index (χ1) is 16.7. The maximum absolute atomic E-state index is 4.69. The van der Waals surface area contributed by atoms with Crippen molar-refractivity contribution in [1.82, 2.24) is 30.2 Å². The number of hydrogen-bond acceptors (Lipinski definition) is 5. The summed E-state index contributed by atoms with van der Waals surface area (Å²) in [5, 5.41) is 16.3. The zero-order valence-electron chi connectivity index (χ0n) is 19.1. The Balaban J connectivity index is 1.12. The minimum absolute atomic E-state index is 0.934. The van der Waals surface area contributed by atoms with Crippen molar-refractivity contribution < 1.29 is 0 Å². The fourth-order valence-corrected chi connectivity index (χ4v) is 6.38. The van der Waals surface area contributed by atoms with Gasteiger partial charge < -0.3 is 4.90 Å². The lowest BCUT2D eigenvalue weighted by molar-refractivity contribution is 0.148. The molecule has 4 heterocycles. The zero-order chi connectivity index (χ0) is 22.6. The van der Waals surface area contributed by atoms with Gasteiger partial charge in [-0.05, 0) is 30.3 Å². The molecule has 2 aromatic carbocycles. The van der Waals surface area contributed by atoms with Crippen molar-refractivity contribution in [3.8, 4) is 33.0 Å². The van der Waals surface area contributed by atoms with Crippen LogP contribution in [0.25, 0.3) is 43.9 Å². The summed E-state index contributed by atoms with van der Waals surface area (Å²) in [5.41, 5.74) is 9.68. The Morgan fingerprint density at radius 3 is 2.62 bits per heavy atom. The van der Waals surface area contributed by atoms with Crippen LogP contribution in [0.3, 0.4) is 0 Å². The highest BCUT2D eigenvalue weighted by Gasteiger charge is 2.28. The van der Waals surface area contributed by atoms with Gasteiger partial charge in [-0.15, -0.1) is 11.3 Å². The third kappa shape index (κ3) is 3.39. The monoisotopic (exact) mass is 466 g/mol. The highest BCUT2D eigenvalue weighted by atomic mass is 32.1. The molecular formula is C27H26N6S. The quantitative estimate of drug-likeness (QED) is 0.384. The molecule has 3 aromatic heterocycles. The van der Waals surface area contributed by atoms with Crippen molar-refractivity contribution in [1.29, 1.82) is 0 Å². The summed E-state index contributed by atoms with van der Waals surface area (Å²) in [4.78, 5) is 7.71. The molecule has 1 aliphatic carbocycles. The first-order valence-corrected chi connectivity index (χ1v) is 12.7. The highest BCUT2D eigenvalue weighted by Crippen LogP contribution is 2.46. The molecule has 1 saturated heterocycles. The number of aromatic nitrogens is 4. The number of thiophene rings is 1. The topological polar surface area (TPSA) is 63.8 Å². The molecule has 7 heteroatoms. The minimum Gasteiger partial charge on any atom is -0.304 e. The Morgan fingerprint density at radius 1 is 0.941 bits per heavy atom. The van der Waals surface area contributed by atoms with E-state index in [0.29, 0.717) is 0 Å². The molecule has 0 bridgehead atoms. The van der Waals surface area contributed by atoms with Crippen molar-refractivity contribution in [2.45, 2.75) is 13.0 Å². The third-order valence-corrected chi connectivity index (χ3v) is 8.42. The molecule has 0 atom stereocenters. The number of likely N-dealkylation sites (N-methyl/N-ethyl adjacent to an activating group) is 1. The van der Waals surface area contributed by atoms with Crippen LogP contribution < -0.4 is 0 Å². The van der Waals surface area contributed by atoms with Crippen molar-refractivity contribution in [2.24, 2.45) is 0 Å². The lowest BCUT2D eigenvalue weighted by atomic mass is 10.0. The predicted molar refractivity (Wildman–Crippen MR) is 138 cm³/mol. The van der Waals surface area contributed by atoms with E-state index >= 15 is 0 Å². The molecule has 34 heavy (non-hydrogen) atoms. The molecular weight excluding hydrogens is 440 g/mol.